The second-order valence-corrected chi connectivity index (χ2v) is 4.69. The van der Waals surface area contributed by atoms with Crippen molar-refractivity contribution in [1.82, 2.24) is 0 Å². The van der Waals surface area contributed by atoms with Gasteiger partial charge in [0.25, 0.3) is 0 Å². The van der Waals surface area contributed by atoms with Gasteiger partial charge in [0, 0.05) is 30.8 Å². The third-order valence-corrected chi connectivity index (χ3v) is 2.66. The number of ether oxygens (including phenoxy) is 2. The Kier molecular flexibility index (Phi) is 2.69. The van der Waals surface area contributed by atoms with E-state index in [-0.39, 0.29) is 0 Å². The highest BCUT2D eigenvalue weighted by atomic mass is 16.7. The Labute approximate surface area is 105 Å². The summed E-state index contributed by atoms with van der Waals surface area (Å²) in [6.45, 7) is 4.97. The molecule has 96 valence electrons. The normalized spacial score (nSPS) is 18.3. The van der Waals surface area contributed by atoms with E-state index in [1.165, 1.54) is 0 Å². The van der Waals surface area contributed by atoms with Crippen LogP contribution in [0.5, 0.6) is 0 Å². The van der Waals surface area contributed by atoms with E-state index >= 15 is 0 Å². The maximum atomic E-state index is 11.8. The van der Waals surface area contributed by atoms with Crippen LogP contribution in [0.15, 0.2) is 23.8 Å². The fourth-order valence-electron chi connectivity index (χ4n) is 1.76. The molecule has 5 heteroatoms. The van der Waals surface area contributed by atoms with Crippen molar-refractivity contribution in [1.29, 1.82) is 0 Å². The van der Waals surface area contributed by atoms with Gasteiger partial charge in [-0.3, -0.25) is 0 Å². The Morgan fingerprint density at radius 2 is 1.83 bits per heavy atom. The van der Waals surface area contributed by atoms with Gasteiger partial charge in [-0.2, -0.15) is 0 Å². The van der Waals surface area contributed by atoms with E-state index in [2.05, 4.69) is 0 Å². The van der Waals surface area contributed by atoms with E-state index in [1.807, 2.05) is 0 Å². The Morgan fingerprint density at radius 1 is 1.17 bits per heavy atom. The number of carbonyl (C=O) groups is 1. The van der Waals surface area contributed by atoms with Crippen LogP contribution in [-0.2, 0) is 14.3 Å². The van der Waals surface area contributed by atoms with Crippen LogP contribution in [-0.4, -0.2) is 11.8 Å². The maximum Gasteiger partial charge on any atom is 0.340 e. The molecule has 1 aliphatic rings. The van der Waals surface area contributed by atoms with Gasteiger partial charge in [0.05, 0.1) is 5.57 Å². The van der Waals surface area contributed by atoms with Gasteiger partial charge in [-0.05, 0) is 25.1 Å². The molecular formula is C13H16N2O3. The lowest BCUT2D eigenvalue weighted by atomic mass is 10.0. The van der Waals surface area contributed by atoms with Crippen molar-refractivity contribution < 1.29 is 14.3 Å². The molecule has 0 radical (unpaired) electrons. The van der Waals surface area contributed by atoms with Crippen molar-refractivity contribution >= 4 is 23.1 Å². The van der Waals surface area contributed by atoms with E-state index in [0.717, 1.165) is 0 Å². The molecule has 18 heavy (non-hydrogen) atoms. The van der Waals surface area contributed by atoms with Crippen molar-refractivity contribution in [2.24, 2.45) is 0 Å². The molecule has 0 fully saturated rings. The number of benzene rings is 1. The summed E-state index contributed by atoms with van der Waals surface area (Å²) in [7, 11) is 0. The van der Waals surface area contributed by atoms with Gasteiger partial charge >= 0.3 is 5.97 Å². The zero-order chi connectivity index (χ0) is 13.5. The molecule has 5 nitrogen and oxygen atoms in total. The summed E-state index contributed by atoms with van der Waals surface area (Å²) in [5.41, 5.74) is 13.7. The standard InChI is InChI=1S/C13H16N2O3/c1-7-11(17-13(2,3)18-12(7)16)9-6-8(14)4-5-10(9)15/h4-6H,14-15H2,1-3H3. The zero-order valence-corrected chi connectivity index (χ0v) is 10.6. The smallest absolute Gasteiger partial charge is 0.340 e. The minimum atomic E-state index is -1.01. The maximum absolute atomic E-state index is 11.8. The summed E-state index contributed by atoms with van der Waals surface area (Å²) < 4.78 is 10.8. The monoisotopic (exact) mass is 248 g/mol. The van der Waals surface area contributed by atoms with Crippen molar-refractivity contribution in [3.63, 3.8) is 0 Å². The average molecular weight is 248 g/mol. The fourth-order valence-corrected chi connectivity index (χ4v) is 1.76. The van der Waals surface area contributed by atoms with Crippen LogP contribution >= 0.6 is 0 Å². The summed E-state index contributed by atoms with van der Waals surface area (Å²) in [6, 6.07) is 5.06. The largest absolute Gasteiger partial charge is 0.452 e. The molecule has 0 bridgehead atoms. The molecule has 0 aliphatic carbocycles. The van der Waals surface area contributed by atoms with Crippen LogP contribution in [0.4, 0.5) is 11.4 Å². The van der Waals surface area contributed by atoms with E-state index < -0.39 is 11.8 Å². The van der Waals surface area contributed by atoms with E-state index in [1.54, 1.807) is 39.0 Å². The molecule has 1 aromatic rings. The predicted octanol–water partition coefficient (Wildman–Crippen LogP) is 1.89. The molecule has 1 aromatic carbocycles. The molecule has 0 saturated heterocycles. The topological polar surface area (TPSA) is 87.6 Å². The predicted molar refractivity (Wildman–Crippen MR) is 69.1 cm³/mol. The van der Waals surface area contributed by atoms with Gasteiger partial charge in [-0.15, -0.1) is 0 Å². The summed E-state index contributed by atoms with van der Waals surface area (Å²) in [6.07, 6.45) is 0. The van der Waals surface area contributed by atoms with Crippen LogP contribution in [0, 0.1) is 0 Å². The van der Waals surface area contributed by atoms with Crippen molar-refractivity contribution in [2.75, 3.05) is 11.5 Å². The second kappa shape index (κ2) is 3.94. The Balaban J connectivity index is 2.58. The van der Waals surface area contributed by atoms with Gasteiger partial charge in [0.15, 0.2) is 0 Å². The summed E-state index contributed by atoms with van der Waals surface area (Å²) in [5.74, 6) is -1.01. The van der Waals surface area contributed by atoms with Crippen LogP contribution in [0.25, 0.3) is 5.76 Å². The Hall–Kier alpha value is -2.17. The molecule has 1 heterocycles. The molecular weight excluding hydrogens is 232 g/mol. The average Bonchev–Trinajstić information content (AvgIpc) is 2.26. The molecule has 0 atom stereocenters. The van der Waals surface area contributed by atoms with Gasteiger partial charge in [0.2, 0.25) is 5.79 Å². The molecule has 4 N–H and O–H groups in total. The Bertz CT molecular complexity index is 547. The third kappa shape index (κ3) is 2.11. The highest BCUT2D eigenvalue weighted by Crippen LogP contribution is 2.35. The molecule has 0 spiro atoms. The van der Waals surface area contributed by atoms with Gasteiger partial charge in [-0.1, -0.05) is 0 Å². The van der Waals surface area contributed by atoms with Crippen molar-refractivity contribution in [2.45, 2.75) is 26.6 Å². The van der Waals surface area contributed by atoms with Crippen LogP contribution in [0.1, 0.15) is 26.3 Å². The number of nitrogens with two attached hydrogens (primary N) is 2. The minimum absolute atomic E-state index is 0.381. The number of nitrogen functional groups attached to an aromatic ring is 2. The number of cyclic esters (lactones) is 1. The molecule has 1 aliphatic heterocycles. The number of hydrogen-bond donors (Lipinski definition) is 2. The number of carbonyl (C=O) groups excluding carboxylic acids is 1. The van der Waals surface area contributed by atoms with Crippen molar-refractivity contribution in [3.8, 4) is 0 Å². The molecule has 0 unspecified atom stereocenters. The number of hydrogen-bond acceptors (Lipinski definition) is 5. The first-order valence-corrected chi connectivity index (χ1v) is 5.59. The van der Waals surface area contributed by atoms with Crippen molar-refractivity contribution in [3.05, 3.63) is 29.3 Å². The van der Waals surface area contributed by atoms with E-state index in [0.29, 0.717) is 28.3 Å². The molecule has 2 rings (SSSR count). The lowest BCUT2D eigenvalue weighted by Gasteiger charge is -2.33. The van der Waals surface area contributed by atoms with Crippen LogP contribution in [0.2, 0.25) is 0 Å². The molecule has 0 amide bonds. The van der Waals surface area contributed by atoms with Gasteiger partial charge in [0.1, 0.15) is 5.76 Å². The SMILES string of the molecule is CC1=C(c2cc(N)ccc2N)OC(C)(C)OC1=O. The van der Waals surface area contributed by atoms with E-state index in [9.17, 15) is 4.79 Å². The summed E-state index contributed by atoms with van der Waals surface area (Å²) in [5, 5.41) is 0. The van der Waals surface area contributed by atoms with Gasteiger partial charge < -0.3 is 20.9 Å². The van der Waals surface area contributed by atoms with E-state index in [4.69, 9.17) is 20.9 Å². The highest BCUT2D eigenvalue weighted by Gasteiger charge is 2.35. The fraction of sp³-hybridized carbons (Fsp3) is 0.308. The number of anilines is 2. The number of esters is 1. The van der Waals surface area contributed by atoms with Crippen LogP contribution < -0.4 is 11.5 Å². The highest BCUT2D eigenvalue weighted by molar-refractivity contribution is 5.98. The summed E-state index contributed by atoms with van der Waals surface area (Å²) >= 11 is 0. The lowest BCUT2D eigenvalue weighted by Crippen LogP contribution is -2.36. The first-order valence-electron chi connectivity index (χ1n) is 5.59. The minimum Gasteiger partial charge on any atom is -0.452 e. The number of rotatable bonds is 1. The van der Waals surface area contributed by atoms with Gasteiger partial charge in [-0.25, -0.2) is 4.79 Å². The molecule has 0 saturated carbocycles. The van der Waals surface area contributed by atoms with Crippen LogP contribution in [0.3, 0.4) is 0 Å². The first kappa shape index (κ1) is 12.3. The summed E-state index contributed by atoms with van der Waals surface area (Å²) in [4.78, 5) is 11.8. The lowest BCUT2D eigenvalue weighted by molar-refractivity contribution is -0.195. The second-order valence-electron chi connectivity index (χ2n) is 4.69. The quantitative estimate of drug-likeness (QED) is 0.585. The zero-order valence-electron chi connectivity index (χ0n) is 10.6. The molecule has 0 aromatic heterocycles. The Morgan fingerprint density at radius 3 is 2.50 bits per heavy atom. The third-order valence-electron chi connectivity index (χ3n) is 2.66. The first-order chi connectivity index (χ1) is 8.30.